The number of aryl methyl sites for hydroxylation is 2. The molecule has 0 aliphatic rings. The molecular formula is C15H20N4O2. The Balaban J connectivity index is 2.08. The van der Waals surface area contributed by atoms with Gasteiger partial charge in [-0.2, -0.15) is 5.10 Å². The molecule has 0 bridgehead atoms. The Morgan fingerprint density at radius 2 is 2.29 bits per heavy atom. The number of hydrogen-bond donors (Lipinski definition) is 2. The molecule has 3 N–H and O–H groups in total. The van der Waals surface area contributed by atoms with Crippen LogP contribution >= 0.6 is 0 Å². The first kappa shape index (κ1) is 15.1. The minimum Gasteiger partial charge on any atom is -0.494 e. The quantitative estimate of drug-likeness (QED) is 0.878. The Hall–Kier alpha value is -2.34. The van der Waals surface area contributed by atoms with E-state index < -0.39 is 6.04 Å². The first-order chi connectivity index (χ1) is 10.0. The van der Waals surface area contributed by atoms with E-state index in [-0.39, 0.29) is 5.91 Å². The highest BCUT2D eigenvalue weighted by Crippen LogP contribution is 2.22. The van der Waals surface area contributed by atoms with Gasteiger partial charge >= 0.3 is 0 Å². The number of nitrogens with one attached hydrogen (secondary N) is 1. The maximum atomic E-state index is 12.2. The molecule has 0 aliphatic heterocycles. The fourth-order valence-electron chi connectivity index (χ4n) is 2.00. The van der Waals surface area contributed by atoms with Gasteiger partial charge in [-0.3, -0.25) is 9.48 Å². The Morgan fingerprint density at radius 1 is 1.52 bits per heavy atom. The lowest BCUT2D eigenvalue weighted by atomic mass is 10.1. The fourth-order valence-corrected chi connectivity index (χ4v) is 2.00. The van der Waals surface area contributed by atoms with Crippen LogP contribution in [0.3, 0.4) is 0 Å². The SMILES string of the molecule is CCOc1ccc(NC(=O)C(N)c2cnn(C)c2)c(C)c1. The normalized spacial score (nSPS) is 12.0. The lowest BCUT2D eigenvalue weighted by molar-refractivity contribution is -0.117. The average Bonchev–Trinajstić information content (AvgIpc) is 2.88. The molecule has 0 fully saturated rings. The molecule has 1 aromatic heterocycles. The number of nitrogens with zero attached hydrogens (tertiary/aromatic N) is 2. The predicted molar refractivity (Wildman–Crippen MR) is 81.1 cm³/mol. The van der Waals surface area contributed by atoms with Crippen molar-refractivity contribution in [1.29, 1.82) is 0 Å². The molecule has 6 heteroatoms. The van der Waals surface area contributed by atoms with E-state index in [9.17, 15) is 4.79 Å². The van der Waals surface area contributed by atoms with Gasteiger partial charge in [0.15, 0.2) is 0 Å². The van der Waals surface area contributed by atoms with Crippen LogP contribution in [-0.2, 0) is 11.8 Å². The van der Waals surface area contributed by atoms with Crippen molar-refractivity contribution in [2.75, 3.05) is 11.9 Å². The minimum absolute atomic E-state index is 0.268. The summed E-state index contributed by atoms with van der Waals surface area (Å²) in [6.45, 7) is 4.45. The monoisotopic (exact) mass is 288 g/mol. The topological polar surface area (TPSA) is 82.2 Å². The van der Waals surface area contributed by atoms with Crippen LogP contribution in [-0.4, -0.2) is 22.3 Å². The van der Waals surface area contributed by atoms with Crippen LogP contribution in [0.15, 0.2) is 30.6 Å². The second kappa shape index (κ2) is 6.41. The van der Waals surface area contributed by atoms with Crippen LogP contribution in [0.1, 0.15) is 24.1 Å². The third kappa shape index (κ3) is 3.61. The average molecular weight is 288 g/mol. The Labute approximate surface area is 123 Å². The van der Waals surface area contributed by atoms with E-state index in [2.05, 4.69) is 10.4 Å². The van der Waals surface area contributed by atoms with E-state index in [4.69, 9.17) is 10.5 Å². The van der Waals surface area contributed by atoms with Crippen LogP contribution < -0.4 is 15.8 Å². The maximum absolute atomic E-state index is 12.2. The van der Waals surface area contributed by atoms with E-state index in [1.807, 2.05) is 32.0 Å². The standard InChI is InChI=1S/C15H20N4O2/c1-4-21-12-5-6-13(10(2)7-12)18-15(20)14(16)11-8-17-19(3)9-11/h5-9,14H,4,16H2,1-3H3,(H,18,20). The van der Waals surface area contributed by atoms with Crippen molar-refractivity contribution >= 4 is 11.6 Å². The van der Waals surface area contributed by atoms with Crippen molar-refractivity contribution in [2.24, 2.45) is 12.8 Å². The summed E-state index contributed by atoms with van der Waals surface area (Å²) in [5, 5.41) is 6.85. The Kier molecular flexibility index (Phi) is 4.59. The van der Waals surface area contributed by atoms with Crippen LogP contribution in [0.5, 0.6) is 5.75 Å². The summed E-state index contributed by atoms with van der Waals surface area (Å²) in [5.41, 5.74) is 8.27. The fraction of sp³-hybridized carbons (Fsp3) is 0.333. The van der Waals surface area contributed by atoms with E-state index in [0.29, 0.717) is 12.2 Å². The van der Waals surface area contributed by atoms with Crippen LogP contribution in [0.25, 0.3) is 0 Å². The summed E-state index contributed by atoms with van der Waals surface area (Å²) in [5.74, 6) is 0.514. The molecule has 6 nitrogen and oxygen atoms in total. The second-order valence-corrected chi connectivity index (χ2v) is 4.82. The van der Waals surface area contributed by atoms with Gasteiger partial charge in [-0.1, -0.05) is 0 Å². The van der Waals surface area contributed by atoms with Gasteiger partial charge in [0.1, 0.15) is 11.8 Å². The van der Waals surface area contributed by atoms with Gasteiger partial charge in [0.05, 0.1) is 12.8 Å². The minimum atomic E-state index is -0.746. The first-order valence-corrected chi connectivity index (χ1v) is 6.79. The van der Waals surface area contributed by atoms with Gasteiger partial charge in [0, 0.05) is 24.5 Å². The molecule has 2 aromatic rings. The molecule has 0 radical (unpaired) electrons. The van der Waals surface area contributed by atoms with Crippen molar-refractivity contribution in [3.8, 4) is 5.75 Å². The summed E-state index contributed by atoms with van der Waals surface area (Å²) < 4.78 is 7.03. The first-order valence-electron chi connectivity index (χ1n) is 6.79. The van der Waals surface area contributed by atoms with Crippen LogP contribution in [0.2, 0.25) is 0 Å². The lowest BCUT2D eigenvalue weighted by Crippen LogP contribution is -2.27. The number of anilines is 1. The molecule has 112 valence electrons. The van der Waals surface area contributed by atoms with Gasteiger partial charge < -0.3 is 15.8 Å². The van der Waals surface area contributed by atoms with Crippen molar-refractivity contribution in [2.45, 2.75) is 19.9 Å². The highest BCUT2D eigenvalue weighted by molar-refractivity contribution is 5.96. The van der Waals surface area contributed by atoms with Gasteiger partial charge in [-0.25, -0.2) is 0 Å². The van der Waals surface area contributed by atoms with Gasteiger partial charge in [-0.05, 0) is 37.6 Å². The van der Waals surface area contributed by atoms with Crippen LogP contribution in [0, 0.1) is 6.92 Å². The van der Waals surface area contributed by atoms with Crippen molar-refractivity contribution < 1.29 is 9.53 Å². The highest BCUT2D eigenvalue weighted by atomic mass is 16.5. The summed E-state index contributed by atoms with van der Waals surface area (Å²) >= 11 is 0. The van der Waals surface area contributed by atoms with Crippen LogP contribution in [0.4, 0.5) is 5.69 Å². The number of amides is 1. The molecule has 1 aromatic carbocycles. The summed E-state index contributed by atoms with van der Waals surface area (Å²) in [6.07, 6.45) is 3.32. The molecule has 1 atom stereocenters. The summed E-state index contributed by atoms with van der Waals surface area (Å²) in [7, 11) is 1.78. The summed E-state index contributed by atoms with van der Waals surface area (Å²) in [4.78, 5) is 12.2. The summed E-state index contributed by atoms with van der Waals surface area (Å²) in [6, 6.07) is 4.77. The zero-order chi connectivity index (χ0) is 15.4. The number of benzene rings is 1. The molecule has 0 aliphatic carbocycles. The lowest BCUT2D eigenvalue weighted by Gasteiger charge is -2.13. The highest BCUT2D eigenvalue weighted by Gasteiger charge is 2.18. The molecule has 0 saturated heterocycles. The smallest absolute Gasteiger partial charge is 0.246 e. The van der Waals surface area contributed by atoms with Gasteiger partial charge in [0.2, 0.25) is 5.91 Å². The molecule has 2 rings (SSSR count). The Bertz CT molecular complexity index is 636. The molecule has 0 spiro atoms. The van der Waals surface area contributed by atoms with E-state index >= 15 is 0 Å². The molecule has 21 heavy (non-hydrogen) atoms. The number of carbonyl (C=O) groups excluding carboxylic acids is 1. The molecule has 0 saturated carbocycles. The third-order valence-corrected chi connectivity index (χ3v) is 3.13. The van der Waals surface area contributed by atoms with Gasteiger partial charge in [0.25, 0.3) is 0 Å². The number of aromatic nitrogens is 2. The zero-order valence-electron chi connectivity index (χ0n) is 12.5. The largest absolute Gasteiger partial charge is 0.494 e. The van der Waals surface area contributed by atoms with E-state index in [1.54, 1.807) is 24.1 Å². The zero-order valence-corrected chi connectivity index (χ0v) is 12.5. The molecular weight excluding hydrogens is 268 g/mol. The third-order valence-electron chi connectivity index (χ3n) is 3.13. The number of hydrogen-bond acceptors (Lipinski definition) is 4. The van der Waals surface area contributed by atoms with Crippen molar-refractivity contribution in [3.05, 3.63) is 41.7 Å². The molecule has 1 heterocycles. The van der Waals surface area contributed by atoms with E-state index in [1.165, 1.54) is 0 Å². The Morgan fingerprint density at radius 3 is 2.86 bits per heavy atom. The number of carbonyl (C=O) groups is 1. The molecule has 1 unspecified atom stereocenters. The molecule has 1 amide bonds. The van der Waals surface area contributed by atoms with Gasteiger partial charge in [-0.15, -0.1) is 0 Å². The van der Waals surface area contributed by atoms with Crippen molar-refractivity contribution in [3.63, 3.8) is 0 Å². The number of ether oxygens (including phenoxy) is 1. The van der Waals surface area contributed by atoms with E-state index in [0.717, 1.165) is 17.0 Å². The number of nitrogens with two attached hydrogens (primary N) is 1. The number of rotatable bonds is 5. The van der Waals surface area contributed by atoms with Crippen molar-refractivity contribution in [1.82, 2.24) is 9.78 Å². The predicted octanol–water partition coefficient (Wildman–Crippen LogP) is 1.77. The maximum Gasteiger partial charge on any atom is 0.246 e. The second-order valence-electron chi connectivity index (χ2n) is 4.82.